The highest BCUT2D eigenvalue weighted by Crippen LogP contribution is 2.43. The standard InChI is InChI=1S/2C21H21ClN2O5.2ClH/c2*1-23(20(28)29-14-24-12-6-7-15(13-24)19(26)27)21(11-5-4-10-18(21)25)16-8-2-3-9-17(16)22;;/h2*2-3,6-9,12-13H,4-5,10-11,14H2,1H3;2*1H/t2*21-;;/m10../s1. The molecule has 2 amide bonds. The fourth-order valence-corrected chi connectivity index (χ4v) is 8.07. The molecular formula is C42H44Cl4N4O10. The lowest BCUT2D eigenvalue weighted by Gasteiger charge is -2.43. The van der Waals surface area contributed by atoms with Crippen molar-refractivity contribution < 1.29 is 82.4 Å². The van der Waals surface area contributed by atoms with Crippen molar-refractivity contribution in [3.63, 3.8) is 0 Å². The van der Waals surface area contributed by atoms with Crippen LogP contribution >= 0.6 is 23.2 Å². The molecule has 2 saturated carbocycles. The van der Waals surface area contributed by atoms with Gasteiger partial charge in [-0.05, 0) is 62.8 Å². The van der Waals surface area contributed by atoms with Gasteiger partial charge in [-0.2, -0.15) is 9.13 Å². The highest BCUT2D eigenvalue weighted by Gasteiger charge is 2.50. The van der Waals surface area contributed by atoms with E-state index in [1.54, 1.807) is 73.1 Å². The molecular weight excluding hydrogens is 862 g/mol. The molecule has 2 fully saturated rings. The van der Waals surface area contributed by atoms with E-state index in [1.807, 2.05) is 0 Å². The molecule has 18 heteroatoms. The molecule has 60 heavy (non-hydrogen) atoms. The average Bonchev–Trinajstić information content (AvgIpc) is 3.23. The first kappa shape index (κ1) is 49.1. The summed E-state index contributed by atoms with van der Waals surface area (Å²) in [4.78, 5) is 76.6. The Labute approximate surface area is 369 Å². The molecule has 0 radical (unpaired) electrons. The zero-order valence-corrected chi connectivity index (χ0v) is 35.8. The molecule has 2 aromatic heterocycles. The number of pyridine rings is 2. The number of benzene rings is 2. The Morgan fingerprint density at radius 3 is 1.32 bits per heavy atom. The van der Waals surface area contributed by atoms with Gasteiger partial charge in [-0.15, -0.1) is 0 Å². The molecule has 6 rings (SSSR count). The summed E-state index contributed by atoms with van der Waals surface area (Å²) in [5.41, 5.74) is -1.03. The molecule has 2 aliphatic rings. The molecule has 2 atom stereocenters. The second kappa shape index (κ2) is 21.8. The second-order valence-electron chi connectivity index (χ2n) is 14.0. The molecule has 0 spiro atoms. The lowest BCUT2D eigenvalue weighted by atomic mass is 9.74. The van der Waals surface area contributed by atoms with Crippen LogP contribution in [0, 0.1) is 0 Å². The lowest BCUT2D eigenvalue weighted by molar-refractivity contribution is -0.727. The number of carboxylic acids is 2. The van der Waals surface area contributed by atoms with Gasteiger partial charge in [0.1, 0.15) is 22.2 Å². The van der Waals surface area contributed by atoms with Crippen molar-refractivity contribution in [3.8, 4) is 0 Å². The minimum absolute atomic E-state index is 0. The Morgan fingerprint density at radius 2 is 0.983 bits per heavy atom. The van der Waals surface area contributed by atoms with Crippen LogP contribution in [0.1, 0.15) is 83.2 Å². The predicted molar refractivity (Wildman–Crippen MR) is 209 cm³/mol. The van der Waals surface area contributed by atoms with E-state index < -0.39 is 35.2 Å². The minimum Gasteiger partial charge on any atom is -1.00 e. The van der Waals surface area contributed by atoms with Crippen LogP contribution in [0.2, 0.25) is 10.0 Å². The van der Waals surface area contributed by atoms with Gasteiger partial charge < -0.3 is 44.5 Å². The van der Waals surface area contributed by atoms with E-state index in [-0.39, 0.29) is 61.0 Å². The third kappa shape index (κ3) is 10.7. The van der Waals surface area contributed by atoms with E-state index >= 15 is 0 Å². The molecule has 0 aliphatic heterocycles. The Hall–Kier alpha value is -5.28. The predicted octanol–water partition coefficient (Wildman–Crippen LogP) is 0.788. The summed E-state index contributed by atoms with van der Waals surface area (Å²) in [7, 11) is 3.07. The molecule has 2 aromatic carbocycles. The van der Waals surface area contributed by atoms with Gasteiger partial charge in [0.2, 0.25) is 0 Å². The largest absolute Gasteiger partial charge is 1.00 e. The number of nitrogens with zero attached hydrogens (tertiary/aromatic N) is 4. The van der Waals surface area contributed by atoms with Crippen molar-refractivity contribution in [2.45, 2.75) is 75.9 Å². The molecule has 0 bridgehead atoms. The van der Waals surface area contributed by atoms with Crippen molar-refractivity contribution >= 4 is 58.9 Å². The van der Waals surface area contributed by atoms with Crippen LogP contribution < -0.4 is 33.9 Å². The summed E-state index contributed by atoms with van der Waals surface area (Å²) in [6.45, 7) is -0.367. The van der Waals surface area contributed by atoms with Crippen molar-refractivity contribution in [1.29, 1.82) is 0 Å². The zero-order chi connectivity index (χ0) is 42.0. The van der Waals surface area contributed by atoms with Crippen LogP contribution in [0.3, 0.4) is 0 Å². The maximum Gasteiger partial charge on any atom is 0.415 e. The van der Waals surface area contributed by atoms with Crippen LogP contribution in [0.25, 0.3) is 0 Å². The average molecular weight is 907 g/mol. The molecule has 14 nitrogen and oxygen atoms in total. The lowest BCUT2D eigenvalue weighted by Crippen LogP contribution is -3.00. The van der Waals surface area contributed by atoms with Crippen LogP contribution in [0.15, 0.2) is 97.6 Å². The smallest absolute Gasteiger partial charge is 0.415 e. The van der Waals surface area contributed by atoms with E-state index in [2.05, 4.69) is 0 Å². The number of halogens is 4. The number of carboxylic acid groups (broad SMARTS) is 2. The first-order chi connectivity index (χ1) is 27.7. The normalized spacial score (nSPS) is 18.3. The van der Waals surface area contributed by atoms with Crippen LogP contribution in [-0.4, -0.2) is 69.8 Å². The number of rotatable bonds is 10. The molecule has 4 aromatic rings. The molecule has 0 saturated heterocycles. The van der Waals surface area contributed by atoms with Crippen molar-refractivity contribution in [2.75, 3.05) is 14.1 Å². The quantitative estimate of drug-likeness (QED) is 0.217. The summed E-state index contributed by atoms with van der Waals surface area (Å²) in [6, 6.07) is 20.1. The van der Waals surface area contributed by atoms with Crippen molar-refractivity contribution in [1.82, 2.24) is 9.80 Å². The van der Waals surface area contributed by atoms with Crippen molar-refractivity contribution in [3.05, 3.63) is 130 Å². The molecule has 320 valence electrons. The van der Waals surface area contributed by atoms with E-state index in [0.717, 1.165) is 25.7 Å². The van der Waals surface area contributed by atoms with E-state index in [9.17, 15) is 28.8 Å². The number of Topliss-reactive ketones (excluding diaryl/α,β-unsaturated/α-hetero) is 2. The highest BCUT2D eigenvalue weighted by molar-refractivity contribution is 6.32. The summed E-state index contributed by atoms with van der Waals surface area (Å²) in [5, 5.41) is 19.0. The Kier molecular flexibility index (Phi) is 17.9. The number of aromatic nitrogens is 2. The van der Waals surface area contributed by atoms with Gasteiger partial charge in [-0.1, -0.05) is 59.6 Å². The molecule has 2 N–H and O–H groups in total. The maximum absolute atomic E-state index is 13.0. The number of likely N-dealkylation sites (N-methyl/N-ethyl adjacent to an activating group) is 2. The third-order valence-electron chi connectivity index (χ3n) is 10.5. The van der Waals surface area contributed by atoms with E-state index in [0.29, 0.717) is 46.9 Å². The highest BCUT2D eigenvalue weighted by atomic mass is 35.5. The van der Waals surface area contributed by atoms with Crippen LogP contribution in [-0.2, 0) is 43.6 Å². The van der Waals surface area contributed by atoms with Gasteiger partial charge in [-0.25, -0.2) is 19.2 Å². The first-order valence-electron chi connectivity index (χ1n) is 18.5. The number of hydrogen-bond donors (Lipinski definition) is 2. The van der Waals surface area contributed by atoms with Gasteiger partial charge in [-0.3, -0.25) is 19.4 Å². The zero-order valence-electron chi connectivity index (χ0n) is 32.8. The maximum atomic E-state index is 13.0. The van der Waals surface area contributed by atoms with Gasteiger partial charge in [0.05, 0.1) is 0 Å². The number of amides is 2. The number of carbonyl (C=O) groups excluding carboxylic acids is 4. The molecule has 0 unspecified atom stereocenters. The second-order valence-corrected chi connectivity index (χ2v) is 14.8. The fraction of sp³-hybridized carbons (Fsp3) is 0.333. The SMILES string of the molecule is CN(C(=O)OC[n+]1cccc(C(=O)O)c1)[C@@]1(c2ccccc2Cl)CCCCC1=O.CN(C(=O)OC[n+]1cccc(C(=O)O)c1)[C@]1(c2ccccc2Cl)CCCCC1=O.[Cl-].[Cl-]. The van der Waals surface area contributed by atoms with Gasteiger partial charge >= 0.3 is 24.1 Å². The summed E-state index contributed by atoms with van der Waals surface area (Å²) in [6.07, 6.45) is 9.29. The summed E-state index contributed by atoms with van der Waals surface area (Å²) < 4.78 is 13.6. The topological polar surface area (TPSA) is 176 Å². The molecule has 2 heterocycles. The Morgan fingerprint density at radius 1 is 0.617 bits per heavy atom. The first-order valence-corrected chi connectivity index (χ1v) is 19.3. The minimum atomic E-state index is -1.18. The third-order valence-corrected chi connectivity index (χ3v) is 11.2. The number of aromatic carboxylic acids is 2. The number of hydrogen-bond acceptors (Lipinski definition) is 8. The van der Waals surface area contributed by atoms with Gasteiger partial charge in [0.15, 0.2) is 36.4 Å². The van der Waals surface area contributed by atoms with E-state index in [1.165, 1.54) is 57.6 Å². The van der Waals surface area contributed by atoms with E-state index in [4.69, 9.17) is 42.9 Å². The number of ether oxygens (including phenoxy) is 2. The van der Waals surface area contributed by atoms with Crippen molar-refractivity contribution in [2.24, 2.45) is 0 Å². The van der Waals surface area contributed by atoms with Crippen LogP contribution in [0.4, 0.5) is 9.59 Å². The fourth-order valence-electron chi connectivity index (χ4n) is 7.48. The Balaban J connectivity index is 0.000000310. The van der Waals surface area contributed by atoms with Gasteiger partial charge in [0.25, 0.3) is 13.5 Å². The number of carbonyl (C=O) groups is 6. The summed E-state index contributed by atoms with van der Waals surface area (Å²) >= 11 is 12.8. The summed E-state index contributed by atoms with van der Waals surface area (Å²) in [5.74, 6) is -2.30. The van der Waals surface area contributed by atoms with Crippen LogP contribution in [0.5, 0.6) is 0 Å². The monoisotopic (exact) mass is 904 g/mol. The van der Waals surface area contributed by atoms with Gasteiger partial charge in [0, 0.05) is 60.2 Å². The number of ketones is 2. The Bertz CT molecular complexity index is 2060. The molecule has 2 aliphatic carbocycles.